The lowest BCUT2D eigenvalue weighted by Gasteiger charge is -2.08. The zero-order valence-electron chi connectivity index (χ0n) is 8.64. The summed E-state index contributed by atoms with van der Waals surface area (Å²) in [4.78, 5) is 21.1. The number of non-ortho nitro benzene ring substituents is 1. The van der Waals surface area contributed by atoms with E-state index in [4.69, 9.17) is 0 Å². The Balaban J connectivity index is 2.69. The smallest absolute Gasteiger partial charge is 0.269 e. The summed E-state index contributed by atoms with van der Waals surface area (Å²) in [5, 5.41) is 13.1. The summed E-state index contributed by atoms with van der Waals surface area (Å²) in [6.45, 7) is 1.88. The van der Waals surface area contributed by atoms with E-state index in [1.807, 2.05) is 6.92 Å². The quantitative estimate of drug-likeness (QED) is 0.525. The molecule has 1 aromatic rings. The number of hydrogen-bond donors (Lipinski definition) is 1. The van der Waals surface area contributed by atoms with Gasteiger partial charge in [-0.25, -0.2) is 0 Å². The van der Waals surface area contributed by atoms with Gasteiger partial charge in [0.05, 0.1) is 9.75 Å². The number of anilines is 1. The summed E-state index contributed by atoms with van der Waals surface area (Å²) in [5.41, 5.74) is 0.553. The second-order valence-corrected chi connectivity index (χ2v) is 4.27. The molecule has 1 atom stereocenters. The van der Waals surface area contributed by atoms with Gasteiger partial charge in [0.25, 0.3) is 5.69 Å². The Morgan fingerprint density at radius 1 is 1.50 bits per heavy atom. The summed E-state index contributed by atoms with van der Waals surface area (Å²) >= 11 is 3.22. The molecular weight excluding hydrogens is 276 g/mol. The van der Waals surface area contributed by atoms with E-state index >= 15 is 0 Å². The number of alkyl halides is 1. The monoisotopic (exact) mass is 286 g/mol. The molecule has 0 heterocycles. The van der Waals surface area contributed by atoms with E-state index in [1.54, 1.807) is 0 Å². The molecular formula is C10H11BrN2O3. The van der Waals surface area contributed by atoms with Gasteiger partial charge in [0.15, 0.2) is 0 Å². The number of rotatable bonds is 4. The van der Waals surface area contributed by atoms with Gasteiger partial charge in [-0.15, -0.1) is 0 Å². The van der Waals surface area contributed by atoms with Crippen molar-refractivity contribution in [3.8, 4) is 0 Å². The van der Waals surface area contributed by atoms with Gasteiger partial charge < -0.3 is 5.32 Å². The standard InChI is InChI=1S/C10H11BrN2O3/c1-2-9(11)10(14)12-7-3-5-8(6-4-7)13(15)16/h3-6,9H,2H2,1H3,(H,12,14)/t9-/m1/s1. The SMILES string of the molecule is CC[C@@H](Br)C(=O)Nc1ccc([N+](=O)[O-])cc1. The Morgan fingerprint density at radius 2 is 2.06 bits per heavy atom. The van der Waals surface area contributed by atoms with Gasteiger partial charge in [0.2, 0.25) is 5.91 Å². The van der Waals surface area contributed by atoms with Gasteiger partial charge in [-0.3, -0.25) is 14.9 Å². The van der Waals surface area contributed by atoms with Gasteiger partial charge in [0.1, 0.15) is 0 Å². The molecule has 1 amide bonds. The summed E-state index contributed by atoms with van der Waals surface area (Å²) in [7, 11) is 0. The van der Waals surface area contributed by atoms with E-state index in [9.17, 15) is 14.9 Å². The second-order valence-electron chi connectivity index (χ2n) is 3.17. The average Bonchev–Trinajstić information content (AvgIpc) is 2.28. The average molecular weight is 287 g/mol. The molecule has 6 heteroatoms. The molecule has 0 unspecified atom stereocenters. The zero-order chi connectivity index (χ0) is 12.1. The molecule has 0 fully saturated rings. The second kappa shape index (κ2) is 5.60. The molecule has 0 aliphatic carbocycles. The number of nitro benzene ring substituents is 1. The maximum atomic E-state index is 11.5. The largest absolute Gasteiger partial charge is 0.325 e. The highest BCUT2D eigenvalue weighted by Crippen LogP contribution is 2.16. The van der Waals surface area contributed by atoms with Crippen LogP contribution in [0.3, 0.4) is 0 Å². The number of carbonyl (C=O) groups excluding carboxylic acids is 1. The van der Waals surface area contributed by atoms with Crippen LogP contribution in [-0.2, 0) is 4.79 Å². The van der Waals surface area contributed by atoms with Crippen molar-refractivity contribution in [2.75, 3.05) is 5.32 Å². The minimum Gasteiger partial charge on any atom is -0.325 e. The fourth-order valence-electron chi connectivity index (χ4n) is 1.07. The summed E-state index contributed by atoms with van der Waals surface area (Å²) in [6, 6.07) is 5.71. The van der Waals surface area contributed by atoms with Gasteiger partial charge in [-0.1, -0.05) is 22.9 Å². The maximum Gasteiger partial charge on any atom is 0.269 e. The van der Waals surface area contributed by atoms with Crippen LogP contribution < -0.4 is 5.32 Å². The number of nitrogens with one attached hydrogen (secondary N) is 1. The van der Waals surface area contributed by atoms with Gasteiger partial charge in [0, 0.05) is 17.8 Å². The summed E-state index contributed by atoms with van der Waals surface area (Å²) in [5.74, 6) is -0.156. The first-order valence-electron chi connectivity index (χ1n) is 4.74. The third kappa shape index (κ3) is 3.30. The van der Waals surface area contributed by atoms with Gasteiger partial charge >= 0.3 is 0 Å². The number of nitrogens with zero attached hydrogens (tertiary/aromatic N) is 1. The van der Waals surface area contributed by atoms with Crippen molar-refractivity contribution in [2.24, 2.45) is 0 Å². The molecule has 1 rings (SSSR count). The fourth-order valence-corrected chi connectivity index (χ4v) is 1.19. The van der Waals surface area contributed by atoms with Crippen molar-refractivity contribution in [1.29, 1.82) is 0 Å². The maximum absolute atomic E-state index is 11.5. The molecule has 0 spiro atoms. The van der Waals surface area contributed by atoms with E-state index in [2.05, 4.69) is 21.2 Å². The summed E-state index contributed by atoms with van der Waals surface area (Å²) in [6.07, 6.45) is 0.679. The van der Waals surface area contributed by atoms with Crippen molar-refractivity contribution >= 4 is 33.2 Å². The minimum atomic E-state index is -0.481. The highest BCUT2D eigenvalue weighted by atomic mass is 79.9. The fraction of sp³-hybridized carbons (Fsp3) is 0.300. The molecule has 0 saturated carbocycles. The predicted molar refractivity (Wildman–Crippen MR) is 64.7 cm³/mol. The van der Waals surface area contributed by atoms with Crippen LogP contribution in [0.4, 0.5) is 11.4 Å². The first-order valence-corrected chi connectivity index (χ1v) is 5.65. The highest BCUT2D eigenvalue weighted by Gasteiger charge is 2.12. The molecule has 0 aliphatic rings. The molecule has 5 nitrogen and oxygen atoms in total. The first kappa shape index (κ1) is 12.6. The van der Waals surface area contributed by atoms with Crippen LogP contribution in [0.1, 0.15) is 13.3 Å². The van der Waals surface area contributed by atoms with E-state index < -0.39 is 4.92 Å². The van der Waals surface area contributed by atoms with E-state index in [0.29, 0.717) is 12.1 Å². The van der Waals surface area contributed by atoms with Crippen molar-refractivity contribution < 1.29 is 9.72 Å². The number of carbonyl (C=O) groups is 1. The Hall–Kier alpha value is -1.43. The normalized spacial score (nSPS) is 11.9. The Bertz CT molecular complexity index is 392. The number of halogens is 1. The molecule has 0 saturated heterocycles. The minimum absolute atomic E-state index is 0.00360. The molecule has 16 heavy (non-hydrogen) atoms. The highest BCUT2D eigenvalue weighted by molar-refractivity contribution is 9.10. The summed E-state index contributed by atoms with van der Waals surface area (Å²) < 4.78 is 0. The Labute approximate surface area is 101 Å². The topological polar surface area (TPSA) is 72.2 Å². The van der Waals surface area contributed by atoms with Crippen molar-refractivity contribution in [3.63, 3.8) is 0 Å². The molecule has 86 valence electrons. The third-order valence-electron chi connectivity index (χ3n) is 1.99. The lowest BCUT2D eigenvalue weighted by atomic mass is 10.2. The molecule has 0 aromatic heterocycles. The van der Waals surface area contributed by atoms with Crippen LogP contribution in [0.25, 0.3) is 0 Å². The van der Waals surface area contributed by atoms with E-state index in [-0.39, 0.29) is 16.4 Å². The number of nitro groups is 1. The van der Waals surface area contributed by atoms with Crippen molar-refractivity contribution in [1.82, 2.24) is 0 Å². The lowest BCUT2D eigenvalue weighted by Crippen LogP contribution is -2.21. The Kier molecular flexibility index (Phi) is 4.42. The molecule has 0 bridgehead atoms. The van der Waals surface area contributed by atoms with Crippen LogP contribution in [0.5, 0.6) is 0 Å². The van der Waals surface area contributed by atoms with Crippen molar-refractivity contribution in [3.05, 3.63) is 34.4 Å². The van der Waals surface area contributed by atoms with E-state index in [0.717, 1.165) is 0 Å². The van der Waals surface area contributed by atoms with Crippen LogP contribution in [0, 0.1) is 10.1 Å². The number of amides is 1. The molecule has 1 N–H and O–H groups in total. The van der Waals surface area contributed by atoms with Gasteiger partial charge in [-0.2, -0.15) is 0 Å². The third-order valence-corrected chi connectivity index (χ3v) is 3.05. The molecule has 0 aliphatic heterocycles. The number of benzene rings is 1. The van der Waals surface area contributed by atoms with Crippen LogP contribution in [0.2, 0.25) is 0 Å². The first-order chi connectivity index (χ1) is 7.54. The van der Waals surface area contributed by atoms with Crippen LogP contribution in [0.15, 0.2) is 24.3 Å². The van der Waals surface area contributed by atoms with Crippen LogP contribution >= 0.6 is 15.9 Å². The molecule has 1 aromatic carbocycles. The van der Waals surface area contributed by atoms with E-state index in [1.165, 1.54) is 24.3 Å². The lowest BCUT2D eigenvalue weighted by molar-refractivity contribution is -0.384. The van der Waals surface area contributed by atoms with Gasteiger partial charge in [-0.05, 0) is 18.6 Å². The molecule has 0 radical (unpaired) electrons. The zero-order valence-corrected chi connectivity index (χ0v) is 10.2. The Morgan fingerprint density at radius 3 is 2.50 bits per heavy atom. The van der Waals surface area contributed by atoms with Crippen LogP contribution in [-0.4, -0.2) is 15.7 Å². The predicted octanol–water partition coefficient (Wildman–Crippen LogP) is 2.71. The van der Waals surface area contributed by atoms with Crippen molar-refractivity contribution in [2.45, 2.75) is 18.2 Å². The number of hydrogen-bond acceptors (Lipinski definition) is 3.